The van der Waals surface area contributed by atoms with E-state index in [1.165, 1.54) is 0 Å². The molecule has 0 radical (unpaired) electrons. The van der Waals surface area contributed by atoms with Gasteiger partial charge in [0.2, 0.25) is 0 Å². The molecule has 0 aliphatic carbocycles. The van der Waals surface area contributed by atoms with Crippen molar-refractivity contribution in [3.63, 3.8) is 0 Å². The molecule has 0 aromatic rings. The Morgan fingerprint density at radius 1 is 1.44 bits per heavy atom. The summed E-state index contributed by atoms with van der Waals surface area (Å²) in [7, 11) is 1.94. The summed E-state index contributed by atoms with van der Waals surface area (Å²) in [5.74, 6) is 0.308. The first kappa shape index (κ1) is 9.32. The molecule has 0 bridgehead atoms. The van der Waals surface area contributed by atoms with E-state index >= 15 is 0 Å². The molecular formula is C6H9NOW. The normalized spacial score (nSPS) is 21.2. The monoisotopic (exact) mass is 295 g/mol. The molecule has 1 rings (SSSR count). The summed E-state index contributed by atoms with van der Waals surface area (Å²) in [6.07, 6.45) is 1.21. The van der Waals surface area contributed by atoms with E-state index in [9.17, 15) is 4.79 Å². The minimum atomic E-state index is 0. The van der Waals surface area contributed by atoms with Gasteiger partial charge in [-0.05, 0) is 0 Å². The van der Waals surface area contributed by atoms with Gasteiger partial charge in [-0.15, -0.1) is 12.8 Å². The van der Waals surface area contributed by atoms with Gasteiger partial charge in [0.1, 0.15) is 0 Å². The van der Waals surface area contributed by atoms with Gasteiger partial charge >= 0.3 is 21.1 Å². The van der Waals surface area contributed by atoms with Crippen molar-refractivity contribution in [2.75, 3.05) is 7.05 Å². The number of piperidine rings is 1. The van der Waals surface area contributed by atoms with Crippen LogP contribution < -0.4 is 0 Å². The first-order chi connectivity index (χ1) is 3.79. The molecule has 3 heteroatoms. The molecule has 1 aliphatic heterocycles. The van der Waals surface area contributed by atoms with E-state index in [-0.39, 0.29) is 21.1 Å². The molecule has 1 saturated heterocycles. The Balaban J connectivity index is 0.000000640. The summed E-state index contributed by atoms with van der Waals surface area (Å²) in [6, 6.07) is 0. The number of carbonyl (C=O) groups is 1. The fourth-order valence-electron chi connectivity index (χ4n) is 0.649. The predicted molar refractivity (Wildman–Crippen MR) is 30.6 cm³/mol. The zero-order valence-corrected chi connectivity index (χ0v) is 8.27. The molecular weight excluding hydrogens is 286 g/mol. The molecule has 0 N–H and O–H groups in total. The predicted octanol–water partition coefficient (Wildman–Crippen LogP) is 0.602. The van der Waals surface area contributed by atoms with Crippen LogP contribution in [0.25, 0.3) is 0 Å². The molecule has 0 amide bonds. The zero-order valence-electron chi connectivity index (χ0n) is 5.33. The molecule has 0 unspecified atom stereocenters. The Morgan fingerprint density at radius 2 is 1.89 bits per heavy atom. The molecule has 0 spiro atoms. The first-order valence-electron chi connectivity index (χ1n) is 2.69. The summed E-state index contributed by atoms with van der Waals surface area (Å²) in [5, 5.41) is 0. The van der Waals surface area contributed by atoms with Crippen LogP contribution in [0.2, 0.25) is 0 Å². The summed E-state index contributed by atoms with van der Waals surface area (Å²) in [6.45, 7) is 3.76. The summed E-state index contributed by atoms with van der Waals surface area (Å²) in [5.41, 5.74) is 0. The van der Waals surface area contributed by atoms with E-state index in [2.05, 4.69) is 0 Å². The molecule has 0 saturated carbocycles. The van der Waals surface area contributed by atoms with E-state index < -0.39 is 0 Å². The fraction of sp³-hybridized carbons (Fsp3) is 0.500. The van der Waals surface area contributed by atoms with Crippen LogP contribution in [-0.4, -0.2) is 17.7 Å². The third kappa shape index (κ3) is 3.12. The van der Waals surface area contributed by atoms with E-state index in [0.29, 0.717) is 18.6 Å². The standard InChI is InChI=1S/C6H9NO.W/c1-7-4-2-6(8)3-5-7;/h4-5H,2-3H2,1H3;/q-2;+2. The van der Waals surface area contributed by atoms with Crippen molar-refractivity contribution in [3.8, 4) is 0 Å². The Bertz CT molecular complexity index is 95.2. The minimum Gasteiger partial charge on any atom is -0.607 e. The number of nitrogens with zero attached hydrogens (tertiary/aromatic N) is 1. The minimum absolute atomic E-state index is 0. The van der Waals surface area contributed by atoms with Crippen molar-refractivity contribution in [1.82, 2.24) is 4.90 Å². The van der Waals surface area contributed by atoms with Crippen LogP contribution in [0.3, 0.4) is 0 Å². The Labute approximate surface area is 69.9 Å². The number of likely N-dealkylation sites (tertiary alicyclic amines) is 1. The van der Waals surface area contributed by atoms with E-state index in [4.69, 9.17) is 0 Å². The number of Topliss-reactive ketones (excluding diaryl/α,β-unsaturated/α-hetero) is 1. The summed E-state index contributed by atoms with van der Waals surface area (Å²) in [4.78, 5) is 12.5. The molecule has 1 heterocycles. The molecule has 2 nitrogen and oxygen atoms in total. The average molecular weight is 295 g/mol. The molecule has 0 atom stereocenters. The van der Waals surface area contributed by atoms with Gasteiger partial charge in [-0.3, -0.25) is 13.1 Å². The summed E-state index contributed by atoms with van der Waals surface area (Å²) >= 11 is 0. The Morgan fingerprint density at radius 3 is 2.22 bits per heavy atom. The molecule has 1 fully saturated rings. The second-order valence-electron chi connectivity index (χ2n) is 1.98. The quantitative estimate of drug-likeness (QED) is 0.610. The van der Waals surface area contributed by atoms with Crippen LogP contribution in [0.1, 0.15) is 12.8 Å². The van der Waals surface area contributed by atoms with Gasteiger partial charge in [-0.2, -0.15) is 0 Å². The smallest absolute Gasteiger partial charge is 0.607 e. The maximum absolute atomic E-state index is 10.5. The Hall–Kier alpha value is 0.318. The van der Waals surface area contributed by atoms with Crippen LogP contribution >= 0.6 is 0 Å². The van der Waals surface area contributed by atoms with E-state index in [1.807, 2.05) is 25.0 Å². The van der Waals surface area contributed by atoms with Crippen LogP contribution in [0, 0.1) is 13.1 Å². The van der Waals surface area contributed by atoms with Crippen LogP contribution in [-0.2, 0) is 25.9 Å². The summed E-state index contributed by atoms with van der Waals surface area (Å²) < 4.78 is 0. The van der Waals surface area contributed by atoms with Crippen LogP contribution in [0.5, 0.6) is 0 Å². The number of carbonyl (C=O) groups excluding carboxylic acids is 1. The average Bonchev–Trinajstić information content (AvgIpc) is 1.77. The second-order valence-corrected chi connectivity index (χ2v) is 1.98. The maximum Gasteiger partial charge on any atom is 2.00 e. The SMILES string of the molecule is CN1[CH-]CC(=O)C[CH-]1.[W+2]. The van der Waals surface area contributed by atoms with Crippen molar-refractivity contribution in [2.45, 2.75) is 12.8 Å². The van der Waals surface area contributed by atoms with Crippen molar-refractivity contribution >= 4 is 5.78 Å². The van der Waals surface area contributed by atoms with Gasteiger partial charge in [0, 0.05) is 0 Å². The molecule has 1 aliphatic rings. The molecule has 50 valence electrons. The number of hydrogen-bond donors (Lipinski definition) is 0. The number of ketones is 1. The Kier molecular flexibility index (Phi) is 4.33. The molecule has 0 aromatic heterocycles. The van der Waals surface area contributed by atoms with Crippen molar-refractivity contribution in [2.24, 2.45) is 0 Å². The van der Waals surface area contributed by atoms with Gasteiger partial charge < -0.3 is 9.69 Å². The van der Waals surface area contributed by atoms with Gasteiger partial charge in [-0.1, -0.05) is 7.05 Å². The molecule has 0 aromatic carbocycles. The second kappa shape index (κ2) is 4.18. The van der Waals surface area contributed by atoms with E-state index in [1.54, 1.807) is 0 Å². The van der Waals surface area contributed by atoms with Gasteiger partial charge in [-0.25, -0.2) is 0 Å². The topological polar surface area (TPSA) is 20.3 Å². The first-order valence-corrected chi connectivity index (χ1v) is 2.69. The third-order valence-electron chi connectivity index (χ3n) is 1.21. The van der Waals surface area contributed by atoms with Crippen molar-refractivity contribution < 1.29 is 25.9 Å². The largest absolute Gasteiger partial charge is 2.00 e. The van der Waals surface area contributed by atoms with Crippen molar-refractivity contribution in [1.29, 1.82) is 0 Å². The van der Waals surface area contributed by atoms with Gasteiger partial charge in [0.25, 0.3) is 0 Å². The fourth-order valence-corrected chi connectivity index (χ4v) is 0.649. The van der Waals surface area contributed by atoms with E-state index in [0.717, 1.165) is 0 Å². The number of hydrogen-bond acceptors (Lipinski definition) is 2. The van der Waals surface area contributed by atoms with Crippen molar-refractivity contribution in [3.05, 3.63) is 13.1 Å². The molecule has 9 heavy (non-hydrogen) atoms. The third-order valence-corrected chi connectivity index (χ3v) is 1.21. The van der Waals surface area contributed by atoms with Gasteiger partial charge in [0.05, 0.1) is 5.78 Å². The van der Waals surface area contributed by atoms with Gasteiger partial charge in [0.15, 0.2) is 0 Å². The zero-order chi connectivity index (χ0) is 5.98. The van der Waals surface area contributed by atoms with Crippen LogP contribution in [0.4, 0.5) is 0 Å². The van der Waals surface area contributed by atoms with Crippen LogP contribution in [0.15, 0.2) is 0 Å². The maximum atomic E-state index is 10.5. The number of rotatable bonds is 0.